The van der Waals surface area contributed by atoms with Gasteiger partial charge in [0, 0.05) is 6.61 Å². The molecule has 2 heteroatoms. The van der Waals surface area contributed by atoms with Gasteiger partial charge in [-0.1, -0.05) is 82.9 Å². The van der Waals surface area contributed by atoms with E-state index in [0.29, 0.717) is 6.61 Å². The molecular weight excluding hydrogens is 296 g/mol. The van der Waals surface area contributed by atoms with E-state index in [1.165, 1.54) is 64.2 Å². The average molecular weight is 334 g/mol. The van der Waals surface area contributed by atoms with Gasteiger partial charge in [0.1, 0.15) is 5.75 Å². The summed E-state index contributed by atoms with van der Waals surface area (Å²) in [6.45, 7) is 5.65. The van der Waals surface area contributed by atoms with Gasteiger partial charge in [-0.3, -0.25) is 0 Å². The van der Waals surface area contributed by atoms with Gasteiger partial charge >= 0.3 is 0 Å². The largest absolute Gasteiger partial charge is 0.481 e. The van der Waals surface area contributed by atoms with E-state index < -0.39 is 0 Å². The second-order valence-electron chi connectivity index (χ2n) is 6.52. The number of rotatable bonds is 16. The fourth-order valence-corrected chi connectivity index (χ4v) is 2.83. The van der Waals surface area contributed by atoms with Crippen molar-refractivity contribution < 1.29 is 9.47 Å². The number of hydrogen-bond acceptors (Lipinski definition) is 2. The first-order chi connectivity index (χ1) is 11.9. The van der Waals surface area contributed by atoms with Crippen LogP contribution in [0.25, 0.3) is 0 Å². The van der Waals surface area contributed by atoms with Crippen LogP contribution in [0.4, 0.5) is 0 Å². The molecule has 1 aromatic carbocycles. The topological polar surface area (TPSA) is 18.5 Å². The number of benzene rings is 1. The molecule has 1 aromatic rings. The highest BCUT2D eigenvalue weighted by atomic mass is 16.5. The molecule has 0 bridgehead atoms. The molecular formula is C22H37O2. The smallest absolute Gasteiger partial charge is 0.174 e. The Balaban J connectivity index is 2.07. The van der Waals surface area contributed by atoms with Gasteiger partial charge in [-0.05, 0) is 31.9 Å². The Kier molecular flexibility index (Phi) is 13.6. The van der Waals surface area contributed by atoms with Gasteiger partial charge in [-0.2, -0.15) is 0 Å². The molecule has 0 aliphatic rings. The van der Waals surface area contributed by atoms with E-state index in [0.717, 1.165) is 24.9 Å². The summed E-state index contributed by atoms with van der Waals surface area (Å²) >= 11 is 0. The standard InChI is InChI=1S/C22H37O2/c1-3-5-6-7-8-9-10-11-12-14-19-22(20-23-4-2)24-21-17-15-13-16-18-21/h13,15-18H,3-12,14,19-20H2,1-2H3. The monoisotopic (exact) mass is 333 g/mol. The van der Waals surface area contributed by atoms with Gasteiger partial charge < -0.3 is 9.47 Å². The lowest BCUT2D eigenvalue weighted by Gasteiger charge is -2.17. The number of unbranched alkanes of at least 4 members (excludes halogenated alkanes) is 9. The lowest BCUT2D eigenvalue weighted by molar-refractivity contribution is 0.106. The quantitative estimate of drug-likeness (QED) is 0.305. The van der Waals surface area contributed by atoms with Crippen LogP contribution >= 0.6 is 0 Å². The van der Waals surface area contributed by atoms with Crippen LogP contribution in [0.2, 0.25) is 0 Å². The highest BCUT2D eigenvalue weighted by Gasteiger charge is 2.12. The van der Waals surface area contributed by atoms with Crippen molar-refractivity contribution in [2.75, 3.05) is 13.2 Å². The molecule has 0 aliphatic heterocycles. The maximum Gasteiger partial charge on any atom is 0.174 e. The summed E-state index contributed by atoms with van der Waals surface area (Å²) in [5.74, 6) is 0.916. The summed E-state index contributed by atoms with van der Waals surface area (Å²) in [5.41, 5.74) is 0. The van der Waals surface area contributed by atoms with Crippen molar-refractivity contribution in [3.8, 4) is 5.75 Å². The van der Waals surface area contributed by atoms with E-state index in [4.69, 9.17) is 9.47 Å². The highest BCUT2D eigenvalue weighted by molar-refractivity contribution is 5.22. The first-order valence-corrected chi connectivity index (χ1v) is 10.0. The van der Waals surface area contributed by atoms with Crippen LogP contribution in [0.15, 0.2) is 30.3 Å². The molecule has 0 spiro atoms. The molecule has 137 valence electrons. The van der Waals surface area contributed by atoms with Crippen LogP contribution in [0.1, 0.15) is 84.5 Å². The minimum absolute atomic E-state index is 0.614. The molecule has 1 radical (unpaired) electrons. The van der Waals surface area contributed by atoms with E-state index in [2.05, 4.69) is 6.92 Å². The van der Waals surface area contributed by atoms with Crippen molar-refractivity contribution in [2.24, 2.45) is 0 Å². The Morgan fingerprint density at radius 2 is 1.33 bits per heavy atom. The summed E-state index contributed by atoms with van der Waals surface area (Å²) in [6, 6.07) is 10.0. The second-order valence-corrected chi connectivity index (χ2v) is 6.52. The van der Waals surface area contributed by atoms with Crippen LogP contribution in [0.5, 0.6) is 5.75 Å². The molecule has 0 N–H and O–H groups in total. The summed E-state index contributed by atoms with van der Waals surface area (Å²) in [5, 5.41) is 0. The molecule has 0 atom stereocenters. The van der Waals surface area contributed by atoms with Gasteiger partial charge in [0.15, 0.2) is 6.10 Å². The highest BCUT2D eigenvalue weighted by Crippen LogP contribution is 2.20. The molecule has 24 heavy (non-hydrogen) atoms. The van der Waals surface area contributed by atoms with Crippen molar-refractivity contribution in [3.05, 3.63) is 36.4 Å². The minimum Gasteiger partial charge on any atom is -0.481 e. The van der Waals surface area contributed by atoms with Gasteiger partial charge in [-0.15, -0.1) is 0 Å². The van der Waals surface area contributed by atoms with Crippen molar-refractivity contribution in [3.63, 3.8) is 0 Å². The van der Waals surface area contributed by atoms with Gasteiger partial charge in [0.25, 0.3) is 0 Å². The molecule has 0 saturated carbocycles. The number of hydrogen-bond donors (Lipinski definition) is 0. The second kappa shape index (κ2) is 15.5. The molecule has 0 saturated heterocycles. The van der Waals surface area contributed by atoms with Crippen molar-refractivity contribution in [2.45, 2.75) is 84.5 Å². The fourth-order valence-electron chi connectivity index (χ4n) is 2.83. The van der Waals surface area contributed by atoms with Gasteiger partial charge in [0.2, 0.25) is 0 Å². The molecule has 0 amide bonds. The van der Waals surface area contributed by atoms with Gasteiger partial charge in [0.05, 0.1) is 6.61 Å². The maximum absolute atomic E-state index is 5.99. The zero-order valence-electron chi connectivity index (χ0n) is 15.9. The van der Waals surface area contributed by atoms with E-state index in [-0.39, 0.29) is 0 Å². The number of ether oxygens (including phenoxy) is 2. The predicted octanol–water partition coefficient (Wildman–Crippen LogP) is 6.94. The Labute approximate surface area is 149 Å². The number of para-hydroxylation sites is 1. The third-order valence-corrected chi connectivity index (χ3v) is 4.28. The first-order valence-electron chi connectivity index (χ1n) is 10.0. The van der Waals surface area contributed by atoms with Crippen molar-refractivity contribution in [1.82, 2.24) is 0 Å². The van der Waals surface area contributed by atoms with E-state index in [1.807, 2.05) is 37.3 Å². The summed E-state index contributed by atoms with van der Waals surface area (Å²) in [4.78, 5) is 0. The third-order valence-electron chi connectivity index (χ3n) is 4.28. The molecule has 0 unspecified atom stereocenters. The SMILES string of the molecule is CCCCCCCCCCCC[C](COCC)Oc1ccccc1. The normalized spacial score (nSPS) is 11.1. The summed E-state index contributed by atoms with van der Waals surface area (Å²) < 4.78 is 11.5. The Hall–Kier alpha value is -1.02. The Bertz CT molecular complexity index is 363. The Morgan fingerprint density at radius 3 is 1.92 bits per heavy atom. The summed E-state index contributed by atoms with van der Waals surface area (Å²) in [7, 11) is 0. The van der Waals surface area contributed by atoms with Crippen molar-refractivity contribution in [1.29, 1.82) is 0 Å². The molecule has 0 aliphatic carbocycles. The lowest BCUT2D eigenvalue weighted by Crippen LogP contribution is -2.14. The fraction of sp³-hybridized carbons (Fsp3) is 0.682. The van der Waals surface area contributed by atoms with Crippen LogP contribution in [-0.2, 0) is 4.74 Å². The van der Waals surface area contributed by atoms with Crippen LogP contribution < -0.4 is 4.74 Å². The van der Waals surface area contributed by atoms with Crippen LogP contribution in [0, 0.1) is 6.10 Å². The third kappa shape index (κ3) is 11.5. The van der Waals surface area contributed by atoms with E-state index in [9.17, 15) is 0 Å². The average Bonchev–Trinajstić information content (AvgIpc) is 2.62. The molecule has 1 rings (SSSR count). The minimum atomic E-state index is 0.614. The zero-order chi connectivity index (χ0) is 17.3. The molecule has 2 nitrogen and oxygen atoms in total. The predicted molar refractivity (Wildman–Crippen MR) is 103 cm³/mol. The lowest BCUT2D eigenvalue weighted by atomic mass is 10.0. The maximum atomic E-state index is 5.99. The zero-order valence-corrected chi connectivity index (χ0v) is 15.9. The van der Waals surface area contributed by atoms with Crippen LogP contribution in [0.3, 0.4) is 0 Å². The van der Waals surface area contributed by atoms with Crippen LogP contribution in [-0.4, -0.2) is 13.2 Å². The Morgan fingerprint density at radius 1 is 0.750 bits per heavy atom. The summed E-state index contributed by atoms with van der Waals surface area (Å²) in [6.07, 6.45) is 15.7. The molecule has 0 aromatic heterocycles. The molecule has 0 fully saturated rings. The van der Waals surface area contributed by atoms with E-state index >= 15 is 0 Å². The first kappa shape index (κ1) is 21.0. The van der Waals surface area contributed by atoms with Gasteiger partial charge in [-0.25, -0.2) is 0 Å². The van der Waals surface area contributed by atoms with E-state index in [1.54, 1.807) is 0 Å². The molecule has 0 heterocycles. The van der Waals surface area contributed by atoms with Crippen molar-refractivity contribution >= 4 is 0 Å².